The van der Waals surface area contributed by atoms with Crippen LogP contribution in [0.4, 0.5) is 11.8 Å². The molecular weight excluding hydrogens is 310 g/mol. The lowest BCUT2D eigenvalue weighted by atomic mass is 9.99. The summed E-state index contributed by atoms with van der Waals surface area (Å²) in [4.78, 5) is 12.8. The highest BCUT2D eigenvalue weighted by atomic mass is 16.5. The minimum absolute atomic E-state index is 0.0183. The summed E-state index contributed by atoms with van der Waals surface area (Å²) >= 11 is 0. The third-order valence-electron chi connectivity index (χ3n) is 4.45. The fourth-order valence-electron chi connectivity index (χ4n) is 3.36. The van der Waals surface area contributed by atoms with E-state index in [1.54, 1.807) is 6.07 Å². The molecule has 1 aromatic rings. The predicted molar refractivity (Wildman–Crippen MR) is 91.2 cm³/mol. The molecule has 0 spiro atoms. The molecule has 1 aromatic heterocycles. The van der Waals surface area contributed by atoms with Crippen LogP contribution in [0.1, 0.15) is 20.3 Å². The zero-order chi connectivity index (χ0) is 17.1. The minimum atomic E-state index is -0.428. The number of anilines is 2. The average Bonchev–Trinajstić information content (AvgIpc) is 2.54. The molecular formula is C16H27N5O3. The highest BCUT2D eigenvalue weighted by Crippen LogP contribution is 2.25. The molecule has 2 saturated heterocycles. The molecule has 134 valence electrons. The molecule has 0 saturated carbocycles. The van der Waals surface area contributed by atoms with E-state index in [0.29, 0.717) is 18.2 Å². The third-order valence-corrected chi connectivity index (χ3v) is 4.45. The van der Waals surface area contributed by atoms with E-state index in [2.05, 4.69) is 14.9 Å². The second kappa shape index (κ2) is 7.50. The van der Waals surface area contributed by atoms with E-state index >= 15 is 0 Å². The van der Waals surface area contributed by atoms with Gasteiger partial charge >= 0.3 is 0 Å². The maximum Gasteiger partial charge on any atom is 0.225 e. The van der Waals surface area contributed by atoms with Crippen molar-refractivity contribution in [3.05, 3.63) is 6.07 Å². The van der Waals surface area contributed by atoms with Crippen LogP contribution in [0.15, 0.2) is 6.07 Å². The van der Waals surface area contributed by atoms with Gasteiger partial charge in [0.25, 0.3) is 0 Å². The summed E-state index contributed by atoms with van der Waals surface area (Å²) in [5, 5.41) is 10.6. The first-order valence-corrected chi connectivity index (χ1v) is 8.59. The molecule has 3 rings (SSSR count). The number of nitrogens with two attached hydrogens (primary N) is 1. The van der Waals surface area contributed by atoms with Crippen molar-refractivity contribution in [2.45, 2.75) is 38.5 Å². The van der Waals surface area contributed by atoms with E-state index in [0.717, 1.165) is 39.3 Å². The Morgan fingerprint density at radius 2 is 2.04 bits per heavy atom. The number of aliphatic hydroxyl groups is 1. The molecule has 2 fully saturated rings. The summed E-state index contributed by atoms with van der Waals surface area (Å²) in [6.45, 7) is 8.47. The maximum absolute atomic E-state index is 10.6. The quantitative estimate of drug-likeness (QED) is 0.799. The van der Waals surface area contributed by atoms with Crippen LogP contribution in [-0.2, 0) is 4.74 Å². The molecule has 0 bridgehead atoms. The van der Waals surface area contributed by atoms with Crippen LogP contribution in [0, 0.1) is 0 Å². The Hall–Kier alpha value is -1.64. The zero-order valence-electron chi connectivity index (χ0n) is 14.4. The van der Waals surface area contributed by atoms with Crippen molar-refractivity contribution in [3.63, 3.8) is 0 Å². The van der Waals surface area contributed by atoms with Crippen molar-refractivity contribution in [2.75, 3.05) is 50.0 Å². The van der Waals surface area contributed by atoms with Gasteiger partial charge in [0, 0.05) is 38.3 Å². The van der Waals surface area contributed by atoms with Gasteiger partial charge in [-0.15, -0.1) is 0 Å². The lowest BCUT2D eigenvalue weighted by Gasteiger charge is -2.43. The third kappa shape index (κ3) is 4.06. The van der Waals surface area contributed by atoms with Gasteiger partial charge < -0.3 is 25.2 Å². The summed E-state index contributed by atoms with van der Waals surface area (Å²) in [5.41, 5.74) is 5.81. The molecule has 0 aliphatic carbocycles. The van der Waals surface area contributed by atoms with Crippen molar-refractivity contribution in [2.24, 2.45) is 0 Å². The van der Waals surface area contributed by atoms with Crippen LogP contribution in [0.25, 0.3) is 0 Å². The van der Waals surface area contributed by atoms with Crippen molar-refractivity contribution in [1.82, 2.24) is 14.9 Å². The number of morpholine rings is 1. The Labute approximate surface area is 142 Å². The molecule has 2 aliphatic heterocycles. The fraction of sp³-hybridized carbons (Fsp3) is 0.750. The molecule has 8 nitrogen and oxygen atoms in total. The number of nitrogen functional groups attached to an aromatic ring is 1. The van der Waals surface area contributed by atoms with E-state index in [9.17, 15) is 5.11 Å². The number of ether oxygens (including phenoxy) is 2. The standard InChI is InChI=1S/C16H27N5O3/c1-11(2)24-15-9-14(18-16(17)19-15)21-4-3-12(13(22)10-21)20-5-7-23-8-6-20/h9,11-13,22H,3-8,10H2,1-2H3,(H2,17,18,19)/t12-,13-/m0/s1. The molecule has 0 amide bonds. The van der Waals surface area contributed by atoms with Gasteiger partial charge in [0.1, 0.15) is 5.82 Å². The molecule has 0 radical (unpaired) electrons. The molecule has 3 heterocycles. The zero-order valence-corrected chi connectivity index (χ0v) is 14.4. The van der Waals surface area contributed by atoms with E-state index in [1.165, 1.54) is 0 Å². The van der Waals surface area contributed by atoms with Crippen LogP contribution in [-0.4, -0.2) is 77.6 Å². The number of hydrogen-bond donors (Lipinski definition) is 2. The SMILES string of the molecule is CC(C)Oc1cc(N2CC[C@H](N3CCOCC3)[C@@H](O)C2)nc(N)n1. The van der Waals surface area contributed by atoms with Gasteiger partial charge in [0.05, 0.1) is 25.4 Å². The van der Waals surface area contributed by atoms with Gasteiger partial charge in [0.2, 0.25) is 11.8 Å². The van der Waals surface area contributed by atoms with Gasteiger partial charge in [-0.25, -0.2) is 0 Å². The lowest BCUT2D eigenvalue weighted by molar-refractivity contribution is -0.0274. The van der Waals surface area contributed by atoms with E-state index in [-0.39, 0.29) is 18.1 Å². The molecule has 24 heavy (non-hydrogen) atoms. The number of aliphatic hydroxyl groups excluding tert-OH is 1. The van der Waals surface area contributed by atoms with Crippen LogP contribution < -0.4 is 15.4 Å². The Morgan fingerprint density at radius 3 is 2.71 bits per heavy atom. The van der Waals surface area contributed by atoms with Crippen LogP contribution in [0.5, 0.6) is 5.88 Å². The highest BCUT2D eigenvalue weighted by Gasteiger charge is 2.33. The minimum Gasteiger partial charge on any atom is -0.475 e. The van der Waals surface area contributed by atoms with Crippen LogP contribution in [0.3, 0.4) is 0 Å². The fourth-order valence-corrected chi connectivity index (χ4v) is 3.36. The van der Waals surface area contributed by atoms with Gasteiger partial charge in [-0.1, -0.05) is 0 Å². The smallest absolute Gasteiger partial charge is 0.225 e. The van der Waals surface area contributed by atoms with Gasteiger partial charge in [-0.2, -0.15) is 9.97 Å². The number of aromatic nitrogens is 2. The lowest BCUT2D eigenvalue weighted by Crippen LogP contribution is -2.56. The van der Waals surface area contributed by atoms with E-state index in [4.69, 9.17) is 15.2 Å². The van der Waals surface area contributed by atoms with Gasteiger partial charge in [-0.3, -0.25) is 4.90 Å². The molecule has 8 heteroatoms. The summed E-state index contributed by atoms with van der Waals surface area (Å²) in [6.07, 6.45) is 0.470. The molecule has 2 atom stereocenters. The largest absolute Gasteiger partial charge is 0.475 e. The number of rotatable bonds is 4. The monoisotopic (exact) mass is 337 g/mol. The van der Waals surface area contributed by atoms with Crippen molar-refractivity contribution in [1.29, 1.82) is 0 Å². The predicted octanol–water partition coefficient (Wildman–Crippen LogP) is 0.118. The normalized spacial score (nSPS) is 25.9. The van der Waals surface area contributed by atoms with Crippen LogP contribution in [0.2, 0.25) is 0 Å². The number of nitrogens with zero attached hydrogens (tertiary/aromatic N) is 4. The second-order valence-corrected chi connectivity index (χ2v) is 6.61. The molecule has 0 unspecified atom stereocenters. The highest BCUT2D eigenvalue weighted by molar-refractivity contribution is 5.46. The summed E-state index contributed by atoms with van der Waals surface area (Å²) in [5.74, 6) is 1.36. The van der Waals surface area contributed by atoms with Gasteiger partial charge in [-0.05, 0) is 20.3 Å². The van der Waals surface area contributed by atoms with E-state index in [1.807, 2.05) is 18.7 Å². The Kier molecular flexibility index (Phi) is 5.37. The maximum atomic E-state index is 10.6. The first-order chi connectivity index (χ1) is 11.5. The van der Waals surface area contributed by atoms with Crippen molar-refractivity contribution >= 4 is 11.8 Å². The number of β-amino-alcohol motifs (C(OH)–C–C–N with tert-alkyl or cyclic N) is 1. The summed E-state index contributed by atoms with van der Waals surface area (Å²) in [6, 6.07) is 1.97. The first kappa shape index (κ1) is 17.2. The number of hydrogen-bond acceptors (Lipinski definition) is 8. The topological polar surface area (TPSA) is 97.0 Å². The summed E-state index contributed by atoms with van der Waals surface area (Å²) in [7, 11) is 0. The second-order valence-electron chi connectivity index (χ2n) is 6.61. The summed E-state index contributed by atoms with van der Waals surface area (Å²) < 4.78 is 11.0. The molecule has 2 aliphatic rings. The van der Waals surface area contributed by atoms with E-state index < -0.39 is 6.10 Å². The average molecular weight is 337 g/mol. The Morgan fingerprint density at radius 1 is 1.29 bits per heavy atom. The first-order valence-electron chi connectivity index (χ1n) is 8.59. The van der Waals surface area contributed by atoms with Crippen LogP contribution >= 0.6 is 0 Å². The van der Waals surface area contributed by atoms with Gasteiger partial charge in [0.15, 0.2) is 0 Å². The molecule has 0 aromatic carbocycles. The number of piperidine rings is 1. The molecule has 3 N–H and O–H groups in total. The van der Waals surface area contributed by atoms with Crippen molar-refractivity contribution < 1.29 is 14.6 Å². The Balaban J connectivity index is 1.67. The van der Waals surface area contributed by atoms with Crippen molar-refractivity contribution in [3.8, 4) is 5.88 Å². The Bertz CT molecular complexity index is 551.